The fraction of sp³-hybridized carbons (Fsp3) is 0.690. The Balaban J connectivity index is 0.00000180. The van der Waals surface area contributed by atoms with Crippen molar-refractivity contribution in [2.75, 3.05) is 40.3 Å². The smallest absolute Gasteiger partial charge is 0.180 e. The molecule has 292 valence electrons. The van der Waals surface area contributed by atoms with Crippen LogP contribution in [-0.2, 0) is 28.5 Å². The lowest BCUT2D eigenvalue weighted by atomic mass is 9.41. The third-order valence-corrected chi connectivity index (χ3v) is 17.5. The van der Waals surface area contributed by atoms with Crippen LogP contribution in [0.3, 0.4) is 0 Å². The van der Waals surface area contributed by atoms with Gasteiger partial charge in [-0.25, -0.2) is 0 Å². The largest absolute Gasteiger partial charge is 1.00 e. The predicted octanol–water partition coefficient (Wildman–Crippen LogP) is -3.25. The number of phenols is 2. The average molecular weight is 873 g/mol. The number of phenolic OH excluding ortho intramolecular Hbond substituents is 2. The molecule has 12 rings (SSSR count). The summed E-state index contributed by atoms with van der Waals surface area (Å²) >= 11 is 0. The lowest BCUT2D eigenvalue weighted by Gasteiger charge is -2.69. The van der Waals surface area contributed by atoms with Gasteiger partial charge in [0.1, 0.15) is 35.0 Å². The zero-order valence-corrected chi connectivity index (χ0v) is 34.2. The molecule has 2 aromatic rings. The van der Waals surface area contributed by atoms with Gasteiger partial charge in [-0.05, 0) is 68.2 Å². The fourth-order valence-corrected chi connectivity index (χ4v) is 15.0. The summed E-state index contributed by atoms with van der Waals surface area (Å²) in [5.74, 6) is 0.609. The molecule has 0 radical (unpaired) electrons. The van der Waals surface area contributed by atoms with Crippen molar-refractivity contribution < 1.29 is 82.7 Å². The fourth-order valence-electron chi connectivity index (χ4n) is 15.0. The number of ketones is 1. The molecule has 10 nitrogen and oxygen atoms in total. The Kier molecular flexibility index (Phi) is 7.26. The summed E-state index contributed by atoms with van der Waals surface area (Å²) in [6.07, 6.45) is 5.68. The molecule has 0 aromatic heterocycles. The van der Waals surface area contributed by atoms with E-state index in [2.05, 4.69) is 14.1 Å². The number of Topliss-reactive ketones (excluding diaryl/α,β-unsaturated/α-hetero) is 1. The standard InChI is InChI=1S/C42H50N2O8.2BrH/c1-43(20-22-3-4-22)16-14-39-32-25-8-10-28(46)35(32)52-37(39)40(48,11-12-41(39,49)29(43)17-25)26-19-42(50)30-18-24-7-9-27(45)34-31(24)38(42,36(51-34)33(26)47)13-15-44(30,2)21-23-5-6-23;;/h7-10,22-23,26,29-30,36-37,48-50H,3-6,11-21H2,1-2H3;2*1H/t26?,29-,30-,36+,37-,38+,39+,40?,41-,42-,43?,44?;;/m1../s1. The topological polar surface area (TPSA) is 137 Å². The Hall–Kier alpha value is -1.93. The number of nitrogens with zero attached hydrogens (tertiary/aromatic N) is 2. The maximum atomic E-state index is 15.4. The first-order valence-corrected chi connectivity index (χ1v) is 20.2. The quantitative estimate of drug-likeness (QED) is 0.198. The van der Waals surface area contributed by atoms with Gasteiger partial charge in [0, 0.05) is 48.6 Å². The highest BCUT2D eigenvalue weighted by Crippen LogP contribution is 2.72. The van der Waals surface area contributed by atoms with E-state index < -0.39 is 45.8 Å². The Morgan fingerprint density at radius 2 is 1.22 bits per heavy atom. The van der Waals surface area contributed by atoms with Crippen LogP contribution < -0.4 is 43.4 Å². The number of likely N-dealkylation sites (tertiary alicyclic amines) is 2. The van der Waals surface area contributed by atoms with Crippen LogP contribution in [-0.4, -0.2) is 122 Å². The van der Waals surface area contributed by atoms with E-state index in [9.17, 15) is 25.5 Å². The summed E-state index contributed by atoms with van der Waals surface area (Å²) < 4.78 is 15.0. The van der Waals surface area contributed by atoms with Crippen LogP contribution >= 0.6 is 0 Å². The summed E-state index contributed by atoms with van der Waals surface area (Å²) in [4.78, 5) is 15.4. The van der Waals surface area contributed by atoms with Crippen LogP contribution in [0.4, 0.5) is 0 Å². The average Bonchev–Trinajstić information content (AvgIpc) is 4.03. The minimum atomic E-state index is -1.75. The molecule has 2 saturated heterocycles. The molecule has 6 fully saturated rings. The van der Waals surface area contributed by atoms with E-state index in [0.717, 1.165) is 52.9 Å². The van der Waals surface area contributed by atoms with E-state index in [-0.39, 0.29) is 76.2 Å². The van der Waals surface area contributed by atoms with Crippen LogP contribution in [0.1, 0.15) is 80.0 Å². The molecule has 6 aliphatic carbocycles. The number of carbonyl (C=O) groups excluding carboxylic acids is 1. The van der Waals surface area contributed by atoms with E-state index in [0.29, 0.717) is 59.9 Å². The number of benzene rings is 2. The molecule has 2 spiro atoms. The van der Waals surface area contributed by atoms with Gasteiger partial charge in [0.05, 0.1) is 57.0 Å². The zero-order chi connectivity index (χ0) is 35.6. The molecular formula is C42H52Br2N2O8. The summed E-state index contributed by atoms with van der Waals surface area (Å²) in [6, 6.07) is 6.94. The van der Waals surface area contributed by atoms with Crippen molar-refractivity contribution in [1.82, 2.24) is 0 Å². The van der Waals surface area contributed by atoms with Gasteiger partial charge in [-0.1, -0.05) is 12.1 Å². The molecule has 4 saturated carbocycles. The van der Waals surface area contributed by atoms with Crippen molar-refractivity contribution in [3.63, 3.8) is 0 Å². The normalized spacial score (nSPS) is 48.0. The zero-order valence-electron chi connectivity index (χ0n) is 31.1. The van der Waals surface area contributed by atoms with Crippen molar-refractivity contribution in [1.29, 1.82) is 0 Å². The number of aromatic hydroxyl groups is 2. The third-order valence-electron chi connectivity index (χ3n) is 17.5. The molecular weight excluding hydrogens is 820 g/mol. The molecule has 54 heavy (non-hydrogen) atoms. The second-order valence-electron chi connectivity index (χ2n) is 19.9. The van der Waals surface area contributed by atoms with Gasteiger partial charge in [0.2, 0.25) is 0 Å². The monoisotopic (exact) mass is 870 g/mol. The number of rotatable bonds is 5. The number of hydrogen-bond donors (Lipinski definition) is 5. The highest BCUT2D eigenvalue weighted by Gasteiger charge is 2.84. The third kappa shape index (κ3) is 3.89. The van der Waals surface area contributed by atoms with Gasteiger partial charge in [-0.3, -0.25) is 4.79 Å². The summed E-state index contributed by atoms with van der Waals surface area (Å²) in [6.45, 7) is 3.60. The van der Waals surface area contributed by atoms with Crippen molar-refractivity contribution in [2.45, 2.75) is 123 Å². The van der Waals surface area contributed by atoms with Crippen molar-refractivity contribution >= 4 is 5.78 Å². The van der Waals surface area contributed by atoms with Crippen LogP contribution in [0.25, 0.3) is 0 Å². The van der Waals surface area contributed by atoms with E-state index in [4.69, 9.17) is 9.47 Å². The maximum Gasteiger partial charge on any atom is 0.180 e. The Bertz CT molecular complexity index is 2030. The molecule has 12 atom stereocenters. The first-order chi connectivity index (χ1) is 24.7. The number of carbonyl (C=O) groups is 1. The molecule has 4 bridgehead atoms. The number of halogens is 2. The molecule has 2 aromatic carbocycles. The molecule has 10 aliphatic rings. The highest BCUT2D eigenvalue weighted by molar-refractivity contribution is 5.93. The Morgan fingerprint density at radius 3 is 1.80 bits per heavy atom. The van der Waals surface area contributed by atoms with E-state index >= 15 is 4.79 Å². The van der Waals surface area contributed by atoms with Gasteiger partial charge in [0.25, 0.3) is 0 Å². The number of likely N-dealkylation sites (N-methyl/N-ethyl adjacent to an activating group) is 2. The van der Waals surface area contributed by atoms with Crippen LogP contribution in [0.15, 0.2) is 24.3 Å². The van der Waals surface area contributed by atoms with Crippen LogP contribution in [0.2, 0.25) is 0 Å². The van der Waals surface area contributed by atoms with Gasteiger partial charge >= 0.3 is 0 Å². The number of hydrogen-bond acceptors (Lipinski definition) is 8. The Morgan fingerprint density at radius 1 is 0.704 bits per heavy atom. The molecule has 4 heterocycles. The summed E-state index contributed by atoms with van der Waals surface area (Å²) in [5.41, 5.74) is -2.71. The molecule has 4 aliphatic heterocycles. The second-order valence-corrected chi connectivity index (χ2v) is 19.9. The van der Waals surface area contributed by atoms with Gasteiger partial charge in [-0.2, -0.15) is 0 Å². The van der Waals surface area contributed by atoms with E-state index in [1.165, 1.54) is 25.7 Å². The van der Waals surface area contributed by atoms with Gasteiger partial charge < -0.3 is 77.9 Å². The molecule has 5 N–H and O–H groups in total. The maximum absolute atomic E-state index is 15.4. The molecule has 12 heteroatoms. The number of aliphatic hydroxyl groups is 3. The van der Waals surface area contributed by atoms with Crippen LogP contribution in [0, 0.1) is 17.8 Å². The summed E-state index contributed by atoms with van der Waals surface area (Å²) in [5, 5.41) is 63.1. The lowest BCUT2D eigenvalue weighted by molar-refractivity contribution is -0.951. The lowest BCUT2D eigenvalue weighted by Crippen LogP contribution is -3.00. The molecule has 0 amide bonds. The number of piperidine rings is 2. The first-order valence-electron chi connectivity index (χ1n) is 20.2. The van der Waals surface area contributed by atoms with E-state index in [1.54, 1.807) is 12.1 Å². The second kappa shape index (κ2) is 10.8. The highest BCUT2D eigenvalue weighted by atomic mass is 79.9. The van der Waals surface area contributed by atoms with Gasteiger partial charge in [-0.15, -0.1) is 0 Å². The number of ether oxygens (including phenoxy) is 2. The number of quaternary nitrogens is 2. The van der Waals surface area contributed by atoms with Crippen molar-refractivity contribution in [3.8, 4) is 23.0 Å². The molecule has 4 unspecified atom stereocenters. The summed E-state index contributed by atoms with van der Waals surface area (Å²) in [7, 11) is 4.57. The van der Waals surface area contributed by atoms with Crippen molar-refractivity contribution in [3.05, 3.63) is 46.5 Å². The Labute approximate surface area is 337 Å². The SMILES string of the molecule is C[N+]1(CC2CC2)CC[C@]23c4c5ccc(O)c4O[C@H]2C(=O)C(C2(O)CC[C@@]4(O)[C@H]6Cc7ccc(O)c8c7[C@@]4(CC[N+]6(C)CC4CC4)[C@H]2O8)C[C@@]3(O)[C@H]1C5.[Br-].[Br-]. The van der Waals surface area contributed by atoms with Crippen LogP contribution in [0.5, 0.6) is 23.0 Å². The predicted molar refractivity (Wildman–Crippen MR) is 187 cm³/mol. The van der Waals surface area contributed by atoms with E-state index in [1.807, 2.05) is 12.1 Å². The first kappa shape index (κ1) is 36.4. The van der Waals surface area contributed by atoms with Crippen molar-refractivity contribution in [2.24, 2.45) is 17.8 Å². The van der Waals surface area contributed by atoms with Gasteiger partial charge in [0.15, 0.2) is 34.9 Å². The minimum Gasteiger partial charge on any atom is -1.00 e. The minimum absolute atomic E-state index is 0.